The molecule has 0 saturated carbocycles. The highest BCUT2D eigenvalue weighted by molar-refractivity contribution is 5.42. The lowest BCUT2D eigenvalue weighted by atomic mass is 10.3. The number of hydrogen-bond acceptors (Lipinski definition) is 3. The molecule has 0 aliphatic rings. The Kier molecular flexibility index (Phi) is 3.57. The van der Waals surface area contributed by atoms with Crippen molar-refractivity contribution in [3.05, 3.63) is 30.3 Å². The highest BCUT2D eigenvalue weighted by Crippen LogP contribution is 2.04. The molecule has 0 heterocycles. The van der Waals surface area contributed by atoms with Crippen LogP contribution in [0.2, 0.25) is 0 Å². The van der Waals surface area contributed by atoms with Crippen LogP contribution in [0.15, 0.2) is 30.3 Å². The van der Waals surface area contributed by atoms with Gasteiger partial charge >= 0.3 is 0 Å². The second kappa shape index (κ2) is 4.74. The summed E-state index contributed by atoms with van der Waals surface area (Å²) in [5.74, 6) is 0. The lowest BCUT2D eigenvalue weighted by Gasteiger charge is -2.09. The highest BCUT2D eigenvalue weighted by atomic mass is 16.3. The minimum absolute atomic E-state index is 0.208. The smallest absolute Gasteiger partial charge is 0.0942 e. The van der Waals surface area contributed by atoms with E-state index in [1.165, 1.54) is 0 Å². The maximum Gasteiger partial charge on any atom is 0.0942 e. The summed E-state index contributed by atoms with van der Waals surface area (Å²) in [5, 5.41) is 20.5. The van der Waals surface area contributed by atoms with Gasteiger partial charge in [0.2, 0.25) is 0 Å². The topological polar surface area (TPSA) is 52.5 Å². The van der Waals surface area contributed by atoms with Crippen molar-refractivity contribution in [3.63, 3.8) is 0 Å². The van der Waals surface area contributed by atoms with E-state index < -0.39 is 6.10 Å². The molecular weight excluding hydrogens is 154 g/mol. The van der Waals surface area contributed by atoms with Gasteiger partial charge in [0.25, 0.3) is 0 Å². The van der Waals surface area contributed by atoms with Crippen molar-refractivity contribution in [1.29, 1.82) is 0 Å². The zero-order chi connectivity index (χ0) is 8.81. The second-order valence-corrected chi connectivity index (χ2v) is 2.58. The Morgan fingerprint density at radius 1 is 1.25 bits per heavy atom. The average molecular weight is 167 g/mol. The van der Waals surface area contributed by atoms with Crippen molar-refractivity contribution in [3.8, 4) is 0 Å². The maximum atomic E-state index is 9.01. The predicted molar refractivity (Wildman–Crippen MR) is 48.0 cm³/mol. The third kappa shape index (κ3) is 2.90. The van der Waals surface area contributed by atoms with Crippen molar-refractivity contribution >= 4 is 5.69 Å². The number of benzene rings is 1. The Morgan fingerprint density at radius 2 is 1.92 bits per heavy atom. The maximum absolute atomic E-state index is 9.01. The summed E-state index contributed by atoms with van der Waals surface area (Å²) in [6.45, 7) is 0.167. The fraction of sp³-hybridized carbons (Fsp3) is 0.333. The van der Waals surface area contributed by atoms with Crippen LogP contribution in [0.25, 0.3) is 0 Å². The fourth-order valence-electron chi connectivity index (χ4n) is 0.856. The molecule has 0 fully saturated rings. The zero-order valence-electron chi connectivity index (χ0n) is 6.77. The predicted octanol–water partition coefficient (Wildman–Crippen LogP) is 0.452. The van der Waals surface area contributed by atoms with Gasteiger partial charge in [0, 0.05) is 12.2 Å². The first kappa shape index (κ1) is 9.03. The van der Waals surface area contributed by atoms with Gasteiger partial charge < -0.3 is 15.5 Å². The van der Waals surface area contributed by atoms with Gasteiger partial charge in [0.1, 0.15) is 0 Å². The molecule has 0 radical (unpaired) electrons. The highest BCUT2D eigenvalue weighted by Gasteiger charge is 1.99. The van der Waals surface area contributed by atoms with Crippen molar-refractivity contribution in [2.75, 3.05) is 18.5 Å². The molecule has 3 nitrogen and oxygen atoms in total. The average Bonchev–Trinajstić information content (AvgIpc) is 2.16. The van der Waals surface area contributed by atoms with Gasteiger partial charge in [-0.25, -0.2) is 0 Å². The van der Waals surface area contributed by atoms with E-state index in [0.29, 0.717) is 6.54 Å². The van der Waals surface area contributed by atoms with Crippen LogP contribution in [0.3, 0.4) is 0 Å². The molecular formula is C9H13NO2. The van der Waals surface area contributed by atoms with Gasteiger partial charge in [0.05, 0.1) is 12.7 Å². The molecule has 0 spiro atoms. The van der Waals surface area contributed by atoms with E-state index in [2.05, 4.69) is 5.32 Å². The van der Waals surface area contributed by atoms with E-state index in [1.54, 1.807) is 0 Å². The van der Waals surface area contributed by atoms with Gasteiger partial charge in [-0.2, -0.15) is 0 Å². The monoisotopic (exact) mass is 167 g/mol. The standard InChI is InChI=1S/C9H13NO2/c11-7-9(12)6-10-8-4-2-1-3-5-8/h1-5,9-12H,6-7H2/t9-/m1/s1. The summed E-state index contributed by atoms with van der Waals surface area (Å²) in [7, 11) is 0. The number of para-hydroxylation sites is 1. The molecule has 3 N–H and O–H groups in total. The van der Waals surface area contributed by atoms with Crippen LogP contribution in [0.5, 0.6) is 0 Å². The number of rotatable bonds is 4. The molecule has 0 aliphatic carbocycles. The molecule has 0 unspecified atom stereocenters. The first-order chi connectivity index (χ1) is 5.83. The Balaban J connectivity index is 2.33. The van der Waals surface area contributed by atoms with E-state index in [-0.39, 0.29) is 6.61 Å². The van der Waals surface area contributed by atoms with Crippen LogP contribution in [-0.4, -0.2) is 29.5 Å². The van der Waals surface area contributed by atoms with Gasteiger partial charge in [-0.1, -0.05) is 18.2 Å². The lowest BCUT2D eigenvalue weighted by molar-refractivity contribution is 0.105. The summed E-state index contributed by atoms with van der Waals surface area (Å²) >= 11 is 0. The number of anilines is 1. The van der Waals surface area contributed by atoms with Crippen LogP contribution >= 0.6 is 0 Å². The Morgan fingerprint density at radius 3 is 2.50 bits per heavy atom. The Labute approximate surface area is 71.7 Å². The summed E-state index contributed by atoms with van der Waals surface area (Å²) in [4.78, 5) is 0. The molecule has 3 heteroatoms. The Hall–Kier alpha value is -1.06. The zero-order valence-corrected chi connectivity index (χ0v) is 6.77. The molecule has 12 heavy (non-hydrogen) atoms. The molecule has 0 amide bonds. The number of hydrogen-bond donors (Lipinski definition) is 3. The molecule has 66 valence electrons. The third-order valence-electron chi connectivity index (χ3n) is 1.53. The molecule has 1 rings (SSSR count). The first-order valence-electron chi connectivity index (χ1n) is 3.91. The Bertz CT molecular complexity index is 213. The summed E-state index contributed by atoms with van der Waals surface area (Å²) in [6.07, 6.45) is -0.690. The van der Waals surface area contributed by atoms with E-state index in [9.17, 15) is 0 Å². The van der Waals surface area contributed by atoms with Gasteiger partial charge in [-0.15, -0.1) is 0 Å². The third-order valence-corrected chi connectivity index (χ3v) is 1.53. The van der Waals surface area contributed by atoms with E-state index in [1.807, 2.05) is 30.3 Å². The summed E-state index contributed by atoms with van der Waals surface area (Å²) in [6, 6.07) is 9.56. The molecule has 0 bridgehead atoms. The van der Waals surface area contributed by atoms with Crippen LogP contribution in [0, 0.1) is 0 Å². The molecule has 0 aliphatic heterocycles. The van der Waals surface area contributed by atoms with Crippen LogP contribution in [-0.2, 0) is 0 Å². The first-order valence-corrected chi connectivity index (χ1v) is 3.91. The number of aliphatic hydroxyl groups excluding tert-OH is 2. The van der Waals surface area contributed by atoms with Crippen LogP contribution in [0.4, 0.5) is 5.69 Å². The van der Waals surface area contributed by atoms with Gasteiger partial charge in [0.15, 0.2) is 0 Å². The fourth-order valence-corrected chi connectivity index (χ4v) is 0.856. The van der Waals surface area contributed by atoms with Crippen molar-refractivity contribution < 1.29 is 10.2 Å². The van der Waals surface area contributed by atoms with E-state index >= 15 is 0 Å². The number of nitrogens with one attached hydrogen (secondary N) is 1. The lowest BCUT2D eigenvalue weighted by Crippen LogP contribution is -2.22. The van der Waals surface area contributed by atoms with Gasteiger partial charge in [-0.05, 0) is 12.1 Å². The molecule has 0 saturated heterocycles. The van der Waals surface area contributed by atoms with Crippen molar-refractivity contribution in [2.24, 2.45) is 0 Å². The SMILES string of the molecule is OC[C@H](O)CNc1ccccc1. The van der Waals surface area contributed by atoms with Gasteiger partial charge in [-0.3, -0.25) is 0 Å². The quantitative estimate of drug-likeness (QED) is 0.610. The molecule has 1 aromatic carbocycles. The van der Waals surface area contributed by atoms with Crippen LogP contribution < -0.4 is 5.32 Å². The van der Waals surface area contributed by atoms with Crippen molar-refractivity contribution in [2.45, 2.75) is 6.10 Å². The van der Waals surface area contributed by atoms with Crippen LogP contribution in [0.1, 0.15) is 0 Å². The van der Waals surface area contributed by atoms with E-state index in [4.69, 9.17) is 10.2 Å². The minimum Gasteiger partial charge on any atom is -0.394 e. The van der Waals surface area contributed by atoms with Crippen molar-refractivity contribution in [1.82, 2.24) is 0 Å². The minimum atomic E-state index is -0.690. The number of aliphatic hydroxyl groups is 2. The summed E-state index contributed by atoms with van der Waals surface area (Å²) < 4.78 is 0. The summed E-state index contributed by atoms with van der Waals surface area (Å²) in [5.41, 5.74) is 0.949. The van der Waals surface area contributed by atoms with E-state index in [0.717, 1.165) is 5.69 Å². The molecule has 1 aromatic rings. The molecule has 0 aromatic heterocycles. The second-order valence-electron chi connectivity index (χ2n) is 2.58. The molecule has 1 atom stereocenters. The largest absolute Gasteiger partial charge is 0.394 e. The normalized spacial score (nSPS) is 12.5.